The Hall–Kier alpha value is -2.65. The number of aromatic amines is 1. The van der Waals surface area contributed by atoms with Gasteiger partial charge >= 0.3 is 6.18 Å². The van der Waals surface area contributed by atoms with Gasteiger partial charge in [-0.1, -0.05) is 0 Å². The quantitative estimate of drug-likeness (QED) is 0.774. The van der Waals surface area contributed by atoms with Gasteiger partial charge in [-0.05, 0) is 12.5 Å². The third-order valence-corrected chi connectivity index (χ3v) is 4.23. The summed E-state index contributed by atoms with van der Waals surface area (Å²) in [4.78, 5) is 20.3. The normalized spacial score (nSPS) is 18.8. The molecule has 0 aliphatic carbocycles. The van der Waals surface area contributed by atoms with Gasteiger partial charge in [-0.25, -0.2) is 4.98 Å². The number of aromatic nitrogens is 5. The van der Waals surface area contributed by atoms with Gasteiger partial charge in [0.1, 0.15) is 12.2 Å². The first kappa shape index (κ1) is 14.9. The SMILES string of the molecule is O=C(CC(F)(F)F)N1CCC(c2ncc3nnc4[nH]ccc4n23)C1. The smallest absolute Gasteiger partial charge is 0.343 e. The molecule has 1 fully saturated rings. The average molecular weight is 338 g/mol. The van der Waals surface area contributed by atoms with E-state index in [1.807, 2.05) is 10.5 Å². The number of amides is 1. The highest BCUT2D eigenvalue weighted by molar-refractivity contribution is 5.77. The zero-order chi connectivity index (χ0) is 16.9. The minimum Gasteiger partial charge on any atom is -0.343 e. The summed E-state index contributed by atoms with van der Waals surface area (Å²) in [5.41, 5.74) is 1.97. The number of H-pyrrole nitrogens is 1. The summed E-state index contributed by atoms with van der Waals surface area (Å²) >= 11 is 0. The van der Waals surface area contributed by atoms with Crippen molar-refractivity contribution in [1.29, 1.82) is 0 Å². The van der Waals surface area contributed by atoms with Crippen LogP contribution in [0.25, 0.3) is 16.8 Å². The standard InChI is InChI=1S/C14H13F3N6O/c15-14(16,17)5-11(24)22-4-2-8(7-22)13-19-6-10-20-21-12-9(23(10)13)1-3-18-12/h1,3,6,8,18H,2,4-5,7H2. The van der Waals surface area contributed by atoms with Crippen LogP contribution in [0.3, 0.4) is 0 Å². The Morgan fingerprint density at radius 3 is 3.00 bits per heavy atom. The molecule has 7 nitrogen and oxygen atoms in total. The highest BCUT2D eigenvalue weighted by atomic mass is 19.4. The summed E-state index contributed by atoms with van der Waals surface area (Å²) in [6, 6.07) is 1.84. The molecule has 1 atom stereocenters. The molecule has 4 rings (SSSR count). The van der Waals surface area contributed by atoms with E-state index in [4.69, 9.17) is 0 Å². The number of halogens is 3. The van der Waals surface area contributed by atoms with Crippen molar-refractivity contribution in [3.05, 3.63) is 24.3 Å². The fourth-order valence-electron chi connectivity index (χ4n) is 3.16. The molecule has 1 saturated heterocycles. The van der Waals surface area contributed by atoms with E-state index in [1.165, 1.54) is 4.90 Å². The van der Waals surface area contributed by atoms with Crippen LogP contribution in [-0.2, 0) is 4.79 Å². The summed E-state index contributed by atoms with van der Waals surface area (Å²) in [5, 5.41) is 8.10. The number of alkyl halides is 3. The number of likely N-dealkylation sites (tertiary alicyclic amines) is 1. The number of hydrogen-bond acceptors (Lipinski definition) is 4. The maximum absolute atomic E-state index is 12.4. The van der Waals surface area contributed by atoms with E-state index < -0.39 is 18.5 Å². The highest BCUT2D eigenvalue weighted by Crippen LogP contribution is 2.30. The molecule has 3 aromatic rings. The Morgan fingerprint density at radius 2 is 2.21 bits per heavy atom. The third kappa shape index (κ3) is 2.47. The van der Waals surface area contributed by atoms with E-state index in [1.54, 1.807) is 12.4 Å². The van der Waals surface area contributed by atoms with E-state index >= 15 is 0 Å². The molecule has 1 N–H and O–H groups in total. The molecule has 4 heterocycles. The number of nitrogens with one attached hydrogen (secondary N) is 1. The molecule has 1 unspecified atom stereocenters. The van der Waals surface area contributed by atoms with Gasteiger partial charge in [-0.3, -0.25) is 9.20 Å². The molecule has 24 heavy (non-hydrogen) atoms. The van der Waals surface area contributed by atoms with Crippen LogP contribution >= 0.6 is 0 Å². The Bertz CT molecular complexity index is 914. The molecule has 0 saturated carbocycles. The van der Waals surface area contributed by atoms with Crippen molar-refractivity contribution in [1.82, 2.24) is 29.5 Å². The number of nitrogens with zero attached hydrogens (tertiary/aromatic N) is 5. The molecule has 0 bridgehead atoms. The van der Waals surface area contributed by atoms with Crippen molar-refractivity contribution < 1.29 is 18.0 Å². The Labute approximate surface area is 133 Å². The zero-order valence-corrected chi connectivity index (χ0v) is 12.4. The molecule has 3 aromatic heterocycles. The Balaban J connectivity index is 1.63. The van der Waals surface area contributed by atoms with Crippen LogP contribution in [0.5, 0.6) is 0 Å². The highest BCUT2D eigenvalue weighted by Gasteiger charge is 2.37. The lowest BCUT2D eigenvalue weighted by molar-refractivity contribution is -0.160. The van der Waals surface area contributed by atoms with Gasteiger partial charge in [0.25, 0.3) is 0 Å². The van der Waals surface area contributed by atoms with Gasteiger partial charge in [0.05, 0.1) is 11.7 Å². The van der Waals surface area contributed by atoms with Gasteiger partial charge in [0.15, 0.2) is 11.3 Å². The van der Waals surface area contributed by atoms with E-state index in [0.717, 1.165) is 5.52 Å². The average Bonchev–Trinajstić information content (AvgIpc) is 3.22. The fraction of sp³-hybridized carbons (Fsp3) is 0.429. The van der Waals surface area contributed by atoms with Crippen molar-refractivity contribution in [2.75, 3.05) is 13.1 Å². The van der Waals surface area contributed by atoms with Crippen LogP contribution in [0.1, 0.15) is 24.6 Å². The number of fused-ring (bicyclic) bond motifs is 3. The molecule has 1 amide bonds. The summed E-state index contributed by atoms with van der Waals surface area (Å²) in [7, 11) is 0. The van der Waals surface area contributed by atoms with E-state index in [-0.39, 0.29) is 12.5 Å². The molecule has 126 valence electrons. The Kier molecular flexibility index (Phi) is 3.22. The number of rotatable bonds is 2. The van der Waals surface area contributed by atoms with Gasteiger partial charge < -0.3 is 9.88 Å². The molecular weight excluding hydrogens is 325 g/mol. The molecule has 0 aromatic carbocycles. The lowest BCUT2D eigenvalue weighted by Crippen LogP contribution is -2.32. The molecule has 10 heteroatoms. The van der Waals surface area contributed by atoms with E-state index in [9.17, 15) is 18.0 Å². The van der Waals surface area contributed by atoms with Gasteiger partial charge in [0.2, 0.25) is 5.91 Å². The number of imidazole rings is 1. The van der Waals surface area contributed by atoms with E-state index in [2.05, 4.69) is 20.2 Å². The van der Waals surface area contributed by atoms with Crippen LogP contribution < -0.4 is 0 Å². The second-order valence-corrected chi connectivity index (χ2v) is 5.84. The lowest BCUT2D eigenvalue weighted by Gasteiger charge is -2.17. The first-order chi connectivity index (χ1) is 11.4. The van der Waals surface area contributed by atoms with Crippen LogP contribution in [0.4, 0.5) is 13.2 Å². The summed E-state index contributed by atoms with van der Waals surface area (Å²) in [5.74, 6) is -0.337. The van der Waals surface area contributed by atoms with Crippen LogP contribution in [0.15, 0.2) is 18.5 Å². The fourth-order valence-corrected chi connectivity index (χ4v) is 3.16. The van der Waals surface area contributed by atoms with Crippen molar-refractivity contribution in [2.24, 2.45) is 0 Å². The minimum absolute atomic E-state index is 0.132. The molecule has 1 aliphatic rings. The Morgan fingerprint density at radius 1 is 1.38 bits per heavy atom. The van der Waals surface area contributed by atoms with E-state index in [0.29, 0.717) is 30.1 Å². The van der Waals surface area contributed by atoms with Crippen molar-refractivity contribution >= 4 is 22.7 Å². The second-order valence-electron chi connectivity index (χ2n) is 5.84. The summed E-state index contributed by atoms with van der Waals surface area (Å²) < 4.78 is 39.0. The van der Waals surface area contributed by atoms with Gasteiger partial charge in [-0.2, -0.15) is 13.2 Å². The predicted octanol–water partition coefficient (Wildman–Crippen LogP) is 1.87. The molecule has 1 aliphatic heterocycles. The lowest BCUT2D eigenvalue weighted by atomic mass is 10.1. The minimum atomic E-state index is -4.48. The van der Waals surface area contributed by atoms with Crippen molar-refractivity contribution in [2.45, 2.75) is 24.9 Å². The molecule has 0 radical (unpaired) electrons. The van der Waals surface area contributed by atoms with Crippen LogP contribution in [0, 0.1) is 0 Å². The topological polar surface area (TPSA) is 79.2 Å². The summed E-state index contributed by atoms with van der Waals surface area (Å²) in [6.07, 6.45) is -2.03. The van der Waals surface area contributed by atoms with Crippen LogP contribution in [0.2, 0.25) is 0 Å². The molecular formula is C14H13F3N6O. The summed E-state index contributed by atoms with van der Waals surface area (Å²) in [6.45, 7) is 0.519. The van der Waals surface area contributed by atoms with Crippen molar-refractivity contribution in [3.8, 4) is 0 Å². The second kappa shape index (κ2) is 5.18. The monoisotopic (exact) mass is 338 g/mol. The predicted molar refractivity (Wildman–Crippen MR) is 77.2 cm³/mol. The third-order valence-electron chi connectivity index (χ3n) is 4.23. The first-order valence-electron chi connectivity index (χ1n) is 7.44. The maximum atomic E-state index is 12.4. The molecule has 0 spiro atoms. The van der Waals surface area contributed by atoms with Crippen LogP contribution in [-0.4, -0.2) is 54.6 Å². The number of carbonyl (C=O) groups is 1. The number of carbonyl (C=O) groups excluding carboxylic acids is 1. The van der Waals surface area contributed by atoms with Gasteiger partial charge in [0, 0.05) is 25.2 Å². The van der Waals surface area contributed by atoms with Crippen molar-refractivity contribution in [3.63, 3.8) is 0 Å². The first-order valence-corrected chi connectivity index (χ1v) is 7.44. The van der Waals surface area contributed by atoms with Gasteiger partial charge in [-0.15, -0.1) is 10.2 Å². The number of hydrogen-bond donors (Lipinski definition) is 1. The maximum Gasteiger partial charge on any atom is 0.397 e. The zero-order valence-electron chi connectivity index (χ0n) is 12.4. The largest absolute Gasteiger partial charge is 0.397 e.